The predicted octanol–water partition coefficient (Wildman–Crippen LogP) is 2.18. The first-order valence-electron chi connectivity index (χ1n) is 29.7. The van der Waals surface area contributed by atoms with Crippen LogP contribution in [-0.2, 0) is 68.8 Å². The second kappa shape index (κ2) is 32.4. The summed E-state index contributed by atoms with van der Waals surface area (Å²) in [5.41, 5.74) is 7.08. The summed E-state index contributed by atoms with van der Waals surface area (Å²) >= 11 is 0. The van der Waals surface area contributed by atoms with Crippen LogP contribution in [0.15, 0.2) is 67.9 Å². The zero-order chi connectivity index (χ0) is 63.4. The van der Waals surface area contributed by atoms with E-state index in [1.54, 1.807) is 85.7 Å². The lowest BCUT2D eigenvalue weighted by Crippen LogP contribution is -2.60. The smallest absolute Gasteiger partial charge is 0.408 e. The van der Waals surface area contributed by atoms with E-state index in [1.807, 2.05) is 20.8 Å². The summed E-state index contributed by atoms with van der Waals surface area (Å²) in [6, 6.07) is -0.126. The molecule has 0 aliphatic carbocycles. The number of hydrogen-bond acceptors (Lipinski definition) is 14. The first kappa shape index (κ1) is 68.6. The molecule has 4 heterocycles. The standard InChI is InChI=1S/C60H91N15O11/c1-12-36(8)50(57(83)69-43(51(61)77)23-38-27-62-30-65-38)74-56(82)49(35(6)7)73-52(78)41(34(4)5)26-48(76)42(21-33(2)3)68-54(80)45(24-39-28-63-31-66-39)70-53(79)44(22-37-17-14-13-15-18-37)71-55(81)47-19-16-20-75(47)58(84)46(25-40-29-64-32-67-40)72-59(85)86-60(9,10)11/h13-15,17-18,27-36,41-50,76H,12,16,19-26H2,1-11H3,(H2,61,77)(H,62,65)(H,63,66)(H,64,67)(H,68,80)(H,69,83)(H,70,79)(H,71,81)(H,72,85)(H,73,78)(H,74,82)/t36-,41+,42-,43-,44-,45-,46-,47-,48-,49-,50-/m0/s1. The highest BCUT2D eigenvalue weighted by atomic mass is 16.6. The van der Waals surface area contributed by atoms with Crippen molar-refractivity contribution in [3.63, 3.8) is 0 Å². The van der Waals surface area contributed by atoms with E-state index in [2.05, 4.69) is 67.1 Å². The number of nitrogens with one attached hydrogen (secondary N) is 10. The summed E-state index contributed by atoms with van der Waals surface area (Å²) < 4.78 is 5.48. The van der Waals surface area contributed by atoms with Gasteiger partial charge in [-0.05, 0) is 75.7 Å². The zero-order valence-electron chi connectivity index (χ0n) is 51.4. The maximum atomic E-state index is 14.8. The minimum Gasteiger partial charge on any atom is -0.444 e. The van der Waals surface area contributed by atoms with Crippen LogP contribution in [-0.4, -0.2) is 160 Å². The van der Waals surface area contributed by atoms with Crippen molar-refractivity contribution in [1.29, 1.82) is 0 Å². The minimum atomic E-state index is -1.33. The summed E-state index contributed by atoms with van der Waals surface area (Å²) in [4.78, 5) is 149. The third kappa shape index (κ3) is 21.1. The third-order valence-corrected chi connectivity index (χ3v) is 15.2. The number of rotatable bonds is 32. The van der Waals surface area contributed by atoms with Crippen molar-refractivity contribution in [3.05, 3.63) is 90.5 Å². The Morgan fingerprint density at radius 1 is 0.640 bits per heavy atom. The number of nitrogens with zero attached hydrogens (tertiary/aromatic N) is 4. The number of primary amides is 1. The van der Waals surface area contributed by atoms with Crippen molar-refractivity contribution >= 4 is 53.4 Å². The number of H-pyrrole nitrogens is 3. The van der Waals surface area contributed by atoms with E-state index in [0.29, 0.717) is 35.5 Å². The Morgan fingerprint density at radius 3 is 1.67 bits per heavy atom. The minimum absolute atomic E-state index is 0.00869. The lowest BCUT2D eigenvalue weighted by molar-refractivity contribution is -0.141. The van der Waals surface area contributed by atoms with Gasteiger partial charge in [0.2, 0.25) is 47.3 Å². The number of imidazole rings is 3. The van der Waals surface area contributed by atoms with Crippen molar-refractivity contribution in [1.82, 2.24) is 72.0 Å². The number of aromatic nitrogens is 6. The zero-order valence-corrected chi connectivity index (χ0v) is 51.4. The molecule has 1 saturated heterocycles. The highest BCUT2D eigenvalue weighted by Gasteiger charge is 2.41. The number of carbonyl (C=O) groups excluding carboxylic acids is 9. The van der Waals surface area contributed by atoms with Crippen LogP contribution in [0.1, 0.15) is 131 Å². The summed E-state index contributed by atoms with van der Waals surface area (Å²) in [6.45, 7) is 19.8. The molecule has 11 atom stereocenters. The molecule has 5 rings (SSSR count). The number of nitrogens with two attached hydrogens (primary N) is 1. The van der Waals surface area contributed by atoms with Crippen LogP contribution in [0.5, 0.6) is 0 Å². The molecular weight excluding hydrogens is 1110 g/mol. The molecule has 26 nitrogen and oxygen atoms in total. The summed E-state index contributed by atoms with van der Waals surface area (Å²) in [5, 5.41) is 31.9. The van der Waals surface area contributed by atoms with Gasteiger partial charge in [-0.1, -0.05) is 92.1 Å². The molecule has 1 fully saturated rings. The monoisotopic (exact) mass is 1200 g/mol. The van der Waals surface area contributed by atoms with Gasteiger partial charge in [-0.25, -0.2) is 19.7 Å². The molecule has 0 radical (unpaired) electrons. The summed E-state index contributed by atoms with van der Waals surface area (Å²) in [7, 11) is 0. The van der Waals surface area contributed by atoms with Crippen molar-refractivity contribution in [2.45, 2.75) is 194 Å². The van der Waals surface area contributed by atoms with E-state index < -0.39 is 131 Å². The van der Waals surface area contributed by atoms with E-state index in [0.717, 1.165) is 0 Å². The molecule has 9 amide bonds. The normalized spacial score (nSPS) is 17.0. The topological polar surface area (TPSA) is 383 Å². The van der Waals surface area contributed by atoms with Crippen LogP contribution in [0.2, 0.25) is 0 Å². The van der Waals surface area contributed by atoms with Gasteiger partial charge < -0.3 is 72.6 Å². The van der Waals surface area contributed by atoms with Crippen LogP contribution in [0.4, 0.5) is 4.79 Å². The van der Waals surface area contributed by atoms with E-state index in [1.165, 1.54) is 42.5 Å². The summed E-state index contributed by atoms with van der Waals surface area (Å²) in [5.74, 6) is -7.42. The summed E-state index contributed by atoms with van der Waals surface area (Å²) in [6.07, 6.45) is 7.91. The Bertz CT molecular complexity index is 2820. The Labute approximate surface area is 503 Å². The number of aliphatic hydroxyl groups is 1. The lowest BCUT2D eigenvalue weighted by Gasteiger charge is -2.33. The molecule has 0 saturated carbocycles. The SMILES string of the molecule is CC[C@H](C)[C@H](NC(=O)[C@@H](NC(=O)[C@H](C[C@H](O)[C@H](CC(C)C)NC(=O)[C@H](Cc1cnc[nH]1)NC(=O)[C@H](Cc1ccccc1)NC(=O)[C@@H]1CCCN1C(=O)[C@H](Cc1cnc[nH]1)NC(=O)OC(C)(C)C)C(C)C)C(C)C)C(=O)N[C@@H](Cc1cnc[nH]1)C(N)=O. The van der Waals surface area contributed by atoms with Gasteiger partial charge in [0.25, 0.3) is 0 Å². The average Bonchev–Trinajstić information content (AvgIpc) is 2.92. The maximum absolute atomic E-state index is 14.8. The van der Waals surface area contributed by atoms with Gasteiger partial charge in [0.1, 0.15) is 47.9 Å². The largest absolute Gasteiger partial charge is 0.444 e. The van der Waals surface area contributed by atoms with E-state index in [-0.39, 0.29) is 63.3 Å². The fourth-order valence-electron chi connectivity index (χ4n) is 10.2. The van der Waals surface area contributed by atoms with Crippen LogP contribution in [0.3, 0.4) is 0 Å². The van der Waals surface area contributed by atoms with Crippen LogP contribution in [0.25, 0.3) is 0 Å². The number of amides is 9. The fourth-order valence-corrected chi connectivity index (χ4v) is 10.2. The molecule has 1 aliphatic heterocycles. The van der Waals surface area contributed by atoms with Crippen molar-refractivity contribution in [2.24, 2.45) is 35.3 Å². The molecule has 472 valence electrons. The van der Waals surface area contributed by atoms with Gasteiger partial charge in [0.15, 0.2) is 0 Å². The van der Waals surface area contributed by atoms with Gasteiger partial charge in [-0.15, -0.1) is 0 Å². The predicted molar refractivity (Wildman–Crippen MR) is 318 cm³/mol. The molecule has 1 aliphatic rings. The highest BCUT2D eigenvalue weighted by Crippen LogP contribution is 2.24. The number of alkyl carbamates (subject to hydrolysis) is 1. The molecule has 4 aromatic rings. The molecule has 3 aromatic heterocycles. The molecule has 13 N–H and O–H groups in total. The van der Waals surface area contributed by atoms with Gasteiger partial charge in [0.05, 0.1) is 31.1 Å². The van der Waals surface area contributed by atoms with Gasteiger partial charge in [-0.2, -0.15) is 0 Å². The molecule has 0 unspecified atom stereocenters. The number of hydrogen-bond donors (Lipinski definition) is 12. The Balaban J connectivity index is 1.33. The van der Waals surface area contributed by atoms with Crippen molar-refractivity contribution < 1.29 is 53.0 Å². The quantitative estimate of drug-likeness (QED) is 0.0334. The second-order valence-corrected chi connectivity index (χ2v) is 24.5. The van der Waals surface area contributed by atoms with Crippen molar-refractivity contribution in [3.8, 4) is 0 Å². The van der Waals surface area contributed by atoms with E-state index in [4.69, 9.17) is 10.5 Å². The van der Waals surface area contributed by atoms with Gasteiger partial charge >= 0.3 is 6.09 Å². The van der Waals surface area contributed by atoms with Crippen LogP contribution >= 0.6 is 0 Å². The molecule has 0 bridgehead atoms. The molecule has 1 aromatic carbocycles. The lowest BCUT2D eigenvalue weighted by atomic mass is 9.85. The highest BCUT2D eigenvalue weighted by molar-refractivity contribution is 5.97. The van der Waals surface area contributed by atoms with E-state index >= 15 is 0 Å². The van der Waals surface area contributed by atoms with Crippen LogP contribution < -0.4 is 43.0 Å². The average molecular weight is 1200 g/mol. The van der Waals surface area contributed by atoms with Crippen LogP contribution in [0, 0.1) is 29.6 Å². The number of aliphatic hydroxyl groups excluding tert-OH is 1. The molecule has 26 heteroatoms. The number of carbonyl (C=O) groups is 9. The first-order valence-corrected chi connectivity index (χ1v) is 29.7. The third-order valence-electron chi connectivity index (χ3n) is 15.2. The molecule has 0 spiro atoms. The van der Waals surface area contributed by atoms with Crippen molar-refractivity contribution in [2.75, 3.05) is 6.54 Å². The first-order chi connectivity index (χ1) is 40.6. The Morgan fingerprint density at radius 2 is 1.16 bits per heavy atom. The van der Waals surface area contributed by atoms with Gasteiger partial charge in [0, 0.05) is 73.8 Å². The fraction of sp³-hybridized carbons (Fsp3) is 0.600. The number of aromatic amines is 3. The number of benzene rings is 1. The number of likely N-dealkylation sites (tertiary alicyclic amines) is 1. The Kier molecular flexibility index (Phi) is 25.8. The Hall–Kier alpha value is -8.16. The molecule has 86 heavy (non-hydrogen) atoms. The van der Waals surface area contributed by atoms with Gasteiger partial charge in [-0.3, -0.25) is 38.4 Å². The second-order valence-electron chi connectivity index (χ2n) is 24.5. The van der Waals surface area contributed by atoms with E-state index in [9.17, 15) is 48.3 Å². The maximum Gasteiger partial charge on any atom is 0.408 e. The number of ether oxygens (including phenoxy) is 1. The molecular formula is C60H91N15O11.